The van der Waals surface area contributed by atoms with E-state index >= 15 is 0 Å². The second-order valence-electron chi connectivity index (χ2n) is 6.41. The van der Waals surface area contributed by atoms with E-state index in [-0.39, 0.29) is 12.0 Å². The zero-order valence-corrected chi connectivity index (χ0v) is 13.0. The molecule has 0 N–H and O–H groups in total. The Bertz CT molecular complexity index is 632. The van der Waals surface area contributed by atoms with Crippen LogP contribution >= 0.6 is 0 Å². The van der Waals surface area contributed by atoms with Gasteiger partial charge in [0.15, 0.2) is 0 Å². The van der Waals surface area contributed by atoms with Gasteiger partial charge < -0.3 is 19.0 Å². The molecular weight excluding hydrogens is 296 g/mol. The summed E-state index contributed by atoms with van der Waals surface area (Å²) >= 11 is 0. The van der Waals surface area contributed by atoms with E-state index < -0.39 is 0 Å². The van der Waals surface area contributed by atoms with Gasteiger partial charge >= 0.3 is 0 Å². The lowest BCUT2D eigenvalue weighted by molar-refractivity contribution is -0.141. The number of carbonyl (C=O) groups is 1. The molecule has 2 aliphatic heterocycles. The topological polar surface area (TPSA) is 82.6 Å². The molecule has 1 amide bonds. The van der Waals surface area contributed by atoms with Gasteiger partial charge in [-0.25, -0.2) is 4.98 Å². The van der Waals surface area contributed by atoms with E-state index in [0.717, 1.165) is 25.7 Å². The average molecular weight is 316 g/mol. The minimum absolute atomic E-state index is 0.0962. The lowest BCUT2D eigenvalue weighted by Crippen LogP contribution is -2.51. The fourth-order valence-electron chi connectivity index (χ4n) is 3.23. The maximum absolute atomic E-state index is 12.4. The summed E-state index contributed by atoms with van der Waals surface area (Å²) in [5, 5.41) is 9.27. The number of hydrogen-bond donors (Lipinski definition) is 0. The standard InChI is InChI=1S/C16H20N4O3/c17-10-12-16(23-14(18-12)11-3-4-11)20-7-5-19(6-8-20)15(21)13-2-1-9-22-13/h11,13H,1-9H2/t13-/m1/s1. The highest BCUT2D eigenvalue weighted by Crippen LogP contribution is 2.41. The Kier molecular flexibility index (Phi) is 3.69. The van der Waals surface area contributed by atoms with E-state index in [1.54, 1.807) is 0 Å². The molecule has 7 heteroatoms. The van der Waals surface area contributed by atoms with Gasteiger partial charge in [-0.05, 0) is 25.7 Å². The number of oxazole rings is 1. The van der Waals surface area contributed by atoms with Gasteiger partial charge in [-0.1, -0.05) is 0 Å². The van der Waals surface area contributed by atoms with Gasteiger partial charge in [0.1, 0.15) is 12.2 Å². The quantitative estimate of drug-likeness (QED) is 0.834. The number of nitriles is 1. The number of carbonyl (C=O) groups excluding carboxylic acids is 1. The van der Waals surface area contributed by atoms with Crippen molar-refractivity contribution in [2.75, 3.05) is 37.7 Å². The molecule has 0 radical (unpaired) electrons. The third-order valence-corrected chi connectivity index (χ3v) is 4.74. The summed E-state index contributed by atoms with van der Waals surface area (Å²) in [5.41, 5.74) is 0.366. The van der Waals surface area contributed by atoms with Crippen LogP contribution in [0.3, 0.4) is 0 Å². The van der Waals surface area contributed by atoms with Gasteiger partial charge in [0.2, 0.25) is 17.5 Å². The number of rotatable bonds is 3. The van der Waals surface area contributed by atoms with Crippen LogP contribution in [0.15, 0.2) is 4.42 Å². The van der Waals surface area contributed by atoms with Crippen molar-refractivity contribution >= 4 is 11.8 Å². The van der Waals surface area contributed by atoms with Crippen molar-refractivity contribution in [3.8, 4) is 6.07 Å². The predicted molar refractivity (Wildman–Crippen MR) is 81.0 cm³/mol. The molecular formula is C16H20N4O3. The Morgan fingerprint density at radius 3 is 2.61 bits per heavy atom. The van der Waals surface area contributed by atoms with Crippen LogP contribution in [0.5, 0.6) is 0 Å². The predicted octanol–water partition coefficient (Wildman–Crippen LogP) is 1.25. The van der Waals surface area contributed by atoms with E-state index in [0.29, 0.717) is 56.2 Å². The second-order valence-corrected chi connectivity index (χ2v) is 6.41. The largest absolute Gasteiger partial charge is 0.423 e. The minimum atomic E-state index is -0.261. The van der Waals surface area contributed by atoms with Crippen molar-refractivity contribution in [3.05, 3.63) is 11.6 Å². The number of aromatic nitrogens is 1. The molecule has 1 atom stereocenters. The van der Waals surface area contributed by atoms with Crippen molar-refractivity contribution < 1.29 is 13.9 Å². The molecule has 2 saturated heterocycles. The SMILES string of the molecule is N#Cc1nc(C2CC2)oc1N1CCN(C(=O)[C@H]2CCCO2)CC1. The van der Waals surface area contributed by atoms with E-state index in [1.165, 1.54) is 0 Å². The lowest BCUT2D eigenvalue weighted by atomic mass is 10.2. The molecule has 1 aromatic rings. The monoisotopic (exact) mass is 316 g/mol. The van der Waals surface area contributed by atoms with E-state index in [1.807, 2.05) is 9.80 Å². The first kappa shape index (κ1) is 14.5. The summed E-state index contributed by atoms with van der Waals surface area (Å²) in [6, 6.07) is 2.13. The number of amides is 1. The third kappa shape index (κ3) is 2.79. The highest BCUT2D eigenvalue weighted by Gasteiger charge is 2.34. The lowest BCUT2D eigenvalue weighted by Gasteiger charge is -2.35. The van der Waals surface area contributed by atoms with Gasteiger partial charge in [-0.3, -0.25) is 4.79 Å². The summed E-state index contributed by atoms with van der Waals surface area (Å²) in [5.74, 6) is 1.74. The Morgan fingerprint density at radius 2 is 2.00 bits per heavy atom. The summed E-state index contributed by atoms with van der Waals surface area (Å²) < 4.78 is 11.3. The van der Waals surface area contributed by atoms with Gasteiger partial charge in [0, 0.05) is 38.7 Å². The fraction of sp³-hybridized carbons (Fsp3) is 0.688. The Labute approximate surface area is 134 Å². The molecule has 0 aromatic carbocycles. The number of anilines is 1. The highest BCUT2D eigenvalue weighted by atomic mass is 16.5. The average Bonchev–Trinajstić information content (AvgIpc) is 3.14. The normalized spacial score (nSPS) is 24.7. The van der Waals surface area contributed by atoms with Crippen LogP contribution < -0.4 is 4.90 Å². The second kappa shape index (κ2) is 5.85. The number of ether oxygens (including phenoxy) is 1. The van der Waals surface area contributed by atoms with E-state index in [4.69, 9.17) is 9.15 Å². The van der Waals surface area contributed by atoms with E-state index in [2.05, 4.69) is 11.1 Å². The first-order chi connectivity index (χ1) is 11.3. The fourth-order valence-corrected chi connectivity index (χ4v) is 3.23. The molecule has 3 fully saturated rings. The third-order valence-electron chi connectivity index (χ3n) is 4.74. The molecule has 0 unspecified atom stereocenters. The smallest absolute Gasteiger partial charge is 0.251 e. The van der Waals surface area contributed by atoms with Crippen LogP contribution in [0.2, 0.25) is 0 Å². The van der Waals surface area contributed by atoms with Crippen molar-refractivity contribution in [1.82, 2.24) is 9.88 Å². The Morgan fingerprint density at radius 1 is 1.22 bits per heavy atom. The molecule has 1 saturated carbocycles. The van der Waals surface area contributed by atoms with Crippen LogP contribution in [0.25, 0.3) is 0 Å². The maximum Gasteiger partial charge on any atom is 0.251 e. The van der Waals surface area contributed by atoms with Crippen molar-refractivity contribution in [2.24, 2.45) is 0 Å². The summed E-state index contributed by atoms with van der Waals surface area (Å²) in [4.78, 5) is 20.6. The Balaban J connectivity index is 1.41. The first-order valence-corrected chi connectivity index (χ1v) is 8.32. The Hall–Kier alpha value is -2.07. The summed E-state index contributed by atoms with van der Waals surface area (Å²) in [7, 11) is 0. The highest BCUT2D eigenvalue weighted by molar-refractivity contribution is 5.81. The van der Waals surface area contributed by atoms with Crippen molar-refractivity contribution in [3.63, 3.8) is 0 Å². The van der Waals surface area contributed by atoms with Gasteiger partial charge in [-0.2, -0.15) is 5.26 Å². The zero-order valence-electron chi connectivity index (χ0n) is 13.0. The minimum Gasteiger partial charge on any atom is -0.423 e. The molecule has 3 heterocycles. The maximum atomic E-state index is 12.4. The van der Waals surface area contributed by atoms with Gasteiger partial charge in [0.05, 0.1) is 0 Å². The zero-order chi connectivity index (χ0) is 15.8. The number of piperazine rings is 1. The summed E-state index contributed by atoms with van der Waals surface area (Å²) in [6.07, 6.45) is 3.71. The van der Waals surface area contributed by atoms with Crippen LogP contribution in [0, 0.1) is 11.3 Å². The molecule has 23 heavy (non-hydrogen) atoms. The van der Waals surface area contributed by atoms with Gasteiger partial charge in [0.25, 0.3) is 5.91 Å². The van der Waals surface area contributed by atoms with Gasteiger partial charge in [-0.15, -0.1) is 0 Å². The number of nitrogens with zero attached hydrogens (tertiary/aromatic N) is 4. The molecule has 3 aliphatic rings. The molecule has 122 valence electrons. The summed E-state index contributed by atoms with van der Waals surface area (Å²) in [6.45, 7) is 3.26. The van der Waals surface area contributed by atoms with Crippen LogP contribution in [0.4, 0.5) is 5.88 Å². The molecule has 0 spiro atoms. The first-order valence-electron chi connectivity index (χ1n) is 8.32. The molecule has 7 nitrogen and oxygen atoms in total. The van der Waals surface area contributed by atoms with Crippen LogP contribution in [0.1, 0.15) is 43.2 Å². The molecule has 0 bridgehead atoms. The number of hydrogen-bond acceptors (Lipinski definition) is 6. The molecule has 1 aromatic heterocycles. The van der Waals surface area contributed by atoms with Crippen LogP contribution in [-0.4, -0.2) is 54.7 Å². The molecule has 1 aliphatic carbocycles. The van der Waals surface area contributed by atoms with Crippen molar-refractivity contribution in [1.29, 1.82) is 5.26 Å². The molecule has 4 rings (SSSR count). The van der Waals surface area contributed by atoms with E-state index in [9.17, 15) is 10.1 Å². The van der Waals surface area contributed by atoms with Crippen molar-refractivity contribution in [2.45, 2.75) is 37.7 Å². The van der Waals surface area contributed by atoms with Crippen LogP contribution in [-0.2, 0) is 9.53 Å².